The molecule has 1 aliphatic heterocycles. The minimum atomic E-state index is 0.328. The lowest BCUT2D eigenvalue weighted by molar-refractivity contribution is 0.304. The van der Waals surface area contributed by atoms with Crippen LogP contribution in [0.25, 0.3) is 0 Å². The van der Waals surface area contributed by atoms with Gasteiger partial charge in [-0.25, -0.2) is 0 Å². The zero-order valence-electron chi connectivity index (χ0n) is 9.06. The first-order valence-electron chi connectivity index (χ1n) is 5.41. The van der Waals surface area contributed by atoms with Crippen LogP contribution in [0, 0.1) is 0 Å². The standard InChI is InChI=1S/C12H18N2O/c1-14-7-6-11(12(14)8-13)9-2-4-10(15)5-3-9/h2-5,11-12,15H,6-8,13H2,1H3. The lowest BCUT2D eigenvalue weighted by Gasteiger charge is -2.23. The Balaban J connectivity index is 2.20. The molecular formula is C12H18N2O. The Labute approximate surface area is 90.5 Å². The predicted molar refractivity (Wildman–Crippen MR) is 60.9 cm³/mol. The molecule has 1 heterocycles. The fraction of sp³-hybridized carbons (Fsp3) is 0.500. The number of benzene rings is 1. The average Bonchev–Trinajstić information content (AvgIpc) is 2.61. The van der Waals surface area contributed by atoms with E-state index in [2.05, 4.69) is 11.9 Å². The summed E-state index contributed by atoms with van der Waals surface area (Å²) >= 11 is 0. The zero-order valence-corrected chi connectivity index (χ0v) is 9.06. The topological polar surface area (TPSA) is 49.5 Å². The van der Waals surface area contributed by atoms with E-state index in [1.807, 2.05) is 12.1 Å². The molecule has 0 aliphatic carbocycles. The van der Waals surface area contributed by atoms with Crippen LogP contribution < -0.4 is 5.73 Å². The molecular weight excluding hydrogens is 188 g/mol. The molecule has 0 aromatic heterocycles. The molecule has 1 saturated heterocycles. The smallest absolute Gasteiger partial charge is 0.115 e. The molecule has 0 amide bonds. The van der Waals surface area contributed by atoms with E-state index in [0.717, 1.165) is 13.0 Å². The van der Waals surface area contributed by atoms with Crippen LogP contribution in [0.2, 0.25) is 0 Å². The van der Waals surface area contributed by atoms with Crippen LogP contribution in [0.15, 0.2) is 24.3 Å². The Kier molecular flexibility index (Phi) is 2.93. The van der Waals surface area contributed by atoms with Crippen molar-refractivity contribution >= 4 is 0 Å². The first kappa shape index (κ1) is 10.5. The van der Waals surface area contributed by atoms with Gasteiger partial charge in [-0.05, 0) is 37.7 Å². The highest BCUT2D eigenvalue weighted by Crippen LogP contribution is 2.32. The van der Waals surface area contributed by atoms with E-state index >= 15 is 0 Å². The van der Waals surface area contributed by atoms with Gasteiger partial charge in [0.15, 0.2) is 0 Å². The number of likely N-dealkylation sites (tertiary alicyclic amines) is 1. The number of nitrogens with two attached hydrogens (primary N) is 1. The fourth-order valence-corrected chi connectivity index (χ4v) is 2.46. The van der Waals surface area contributed by atoms with Crippen LogP contribution in [-0.4, -0.2) is 36.2 Å². The Morgan fingerprint density at radius 3 is 2.67 bits per heavy atom. The maximum absolute atomic E-state index is 9.24. The van der Waals surface area contributed by atoms with E-state index in [0.29, 0.717) is 24.3 Å². The number of rotatable bonds is 2. The van der Waals surface area contributed by atoms with Crippen LogP contribution in [0.4, 0.5) is 0 Å². The first-order valence-corrected chi connectivity index (χ1v) is 5.41. The largest absolute Gasteiger partial charge is 0.508 e. The lowest BCUT2D eigenvalue weighted by Crippen LogP contribution is -2.35. The van der Waals surface area contributed by atoms with Crippen molar-refractivity contribution in [1.82, 2.24) is 4.90 Å². The number of hydrogen-bond donors (Lipinski definition) is 2. The van der Waals surface area contributed by atoms with Crippen LogP contribution in [-0.2, 0) is 0 Å². The Hall–Kier alpha value is -1.06. The van der Waals surface area contributed by atoms with Crippen LogP contribution in [0.1, 0.15) is 17.9 Å². The Bertz CT molecular complexity index is 323. The van der Waals surface area contributed by atoms with Crippen molar-refractivity contribution in [3.63, 3.8) is 0 Å². The molecule has 2 rings (SSSR count). The second-order valence-corrected chi connectivity index (χ2v) is 4.27. The number of phenols is 1. The summed E-state index contributed by atoms with van der Waals surface area (Å²) in [5.74, 6) is 0.843. The zero-order chi connectivity index (χ0) is 10.8. The molecule has 82 valence electrons. The molecule has 2 unspecified atom stereocenters. The number of nitrogens with zero attached hydrogens (tertiary/aromatic N) is 1. The van der Waals surface area contributed by atoms with Crippen molar-refractivity contribution in [3.8, 4) is 5.75 Å². The van der Waals surface area contributed by atoms with Crippen LogP contribution in [0.3, 0.4) is 0 Å². The highest BCUT2D eigenvalue weighted by atomic mass is 16.3. The second-order valence-electron chi connectivity index (χ2n) is 4.27. The van der Waals surface area contributed by atoms with Gasteiger partial charge in [-0.1, -0.05) is 12.1 Å². The van der Waals surface area contributed by atoms with Gasteiger partial charge < -0.3 is 15.7 Å². The molecule has 3 nitrogen and oxygen atoms in total. The maximum atomic E-state index is 9.24. The summed E-state index contributed by atoms with van der Waals surface area (Å²) in [7, 11) is 2.12. The van der Waals surface area contributed by atoms with Gasteiger partial charge in [0.25, 0.3) is 0 Å². The molecule has 15 heavy (non-hydrogen) atoms. The minimum Gasteiger partial charge on any atom is -0.508 e. The van der Waals surface area contributed by atoms with Crippen molar-refractivity contribution in [2.24, 2.45) is 5.73 Å². The summed E-state index contributed by atoms with van der Waals surface area (Å²) in [5, 5.41) is 9.24. The van der Waals surface area contributed by atoms with Gasteiger partial charge in [0.2, 0.25) is 0 Å². The molecule has 0 spiro atoms. The predicted octanol–water partition coefficient (Wildman–Crippen LogP) is 1.14. The summed E-state index contributed by atoms with van der Waals surface area (Å²) in [6.07, 6.45) is 1.16. The molecule has 0 bridgehead atoms. The number of hydrogen-bond acceptors (Lipinski definition) is 3. The third kappa shape index (κ3) is 1.98. The molecule has 0 radical (unpaired) electrons. The number of phenolic OH excluding ortho intramolecular Hbond substituents is 1. The van der Waals surface area contributed by atoms with Crippen LogP contribution in [0.5, 0.6) is 5.75 Å². The molecule has 3 heteroatoms. The monoisotopic (exact) mass is 206 g/mol. The van der Waals surface area contributed by atoms with Gasteiger partial charge in [0.1, 0.15) is 5.75 Å². The fourth-order valence-electron chi connectivity index (χ4n) is 2.46. The normalized spacial score (nSPS) is 27.1. The SMILES string of the molecule is CN1CCC(c2ccc(O)cc2)C1CN. The second kappa shape index (κ2) is 4.21. The van der Waals surface area contributed by atoms with E-state index in [4.69, 9.17) is 5.73 Å². The molecule has 3 N–H and O–H groups in total. The van der Waals surface area contributed by atoms with Gasteiger partial charge in [-0.3, -0.25) is 0 Å². The molecule has 1 aromatic rings. The summed E-state index contributed by atoms with van der Waals surface area (Å²) in [6.45, 7) is 1.80. The third-order valence-corrected chi connectivity index (χ3v) is 3.39. The van der Waals surface area contributed by atoms with E-state index in [1.165, 1.54) is 5.56 Å². The van der Waals surface area contributed by atoms with Crippen molar-refractivity contribution < 1.29 is 5.11 Å². The van der Waals surface area contributed by atoms with Gasteiger partial charge in [0, 0.05) is 18.5 Å². The number of aromatic hydroxyl groups is 1. The van der Waals surface area contributed by atoms with E-state index < -0.39 is 0 Å². The van der Waals surface area contributed by atoms with E-state index in [-0.39, 0.29) is 0 Å². The van der Waals surface area contributed by atoms with E-state index in [1.54, 1.807) is 12.1 Å². The molecule has 1 aromatic carbocycles. The molecule has 1 aliphatic rings. The van der Waals surface area contributed by atoms with Gasteiger partial charge in [-0.15, -0.1) is 0 Å². The van der Waals surface area contributed by atoms with Crippen LogP contribution >= 0.6 is 0 Å². The summed E-state index contributed by atoms with van der Waals surface area (Å²) in [5.41, 5.74) is 7.08. The van der Waals surface area contributed by atoms with E-state index in [9.17, 15) is 5.11 Å². The van der Waals surface area contributed by atoms with Crippen molar-refractivity contribution in [2.75, 3.05) is 20.1 Å². The molecule has 0 saturated carbocycles. The lowest BCUT2D eigenvalue weighted by atomic mass is 9.92. The number of likely N-dealkylation sites (N-methyl/N-ethyl adjacent to an activating group) is 1. The summed E-state index contributed by atoms with van der Waals surface area (Å²) in [4.78, 5) is 2.32. The maximum Gasteiger partial charge on any atom is 0.115 e. The summed E-state index contributed by atoms with van der Waals surface area (Å²) < 4.78 is 0. The highest BCUT2D eigenvalue weighted by Gasteiger charge is 2.31. The quantitative estimate of drug-likeness (QED) is 0.763. The van der Waals surface area contributed by atoms with Gasteiger partial charge in [-0.2, -0.15) is 0 Å². The third-order valence-electron chi connectivity index (χ3n) is 3.39. The highest BCUT2D eigenvalue weighted by molar-refractivity contribution is 5.30. The van der Waals surface area contributed by atoms with Gasteiger partial charge >= 0.3 is 0 Å². The minimum absolute atomic E-state index is 0.328. The average molecular weight is 206 g/mol. The molecule has 2 atom stereocenters. The Morgan fingerprint density at radius 2 is 2.07 bits per heavy atom. The van der Waals surface area contributed by atoms with Crippen molar-refractivity contribution in [1.29, 1.82) is 0 Å². The first-order chi connectivity index (χ1) is 7.22. The Morgan fingerprint density at radius 1 is 1.40 bits per heavy atom. The summed E-state index contributed by atoms with van der Waals surface area (Å²) in [6, 6.07) is 7.95. The van der Waals surface area contributed by atoms with Crippen molar-refractivity contribution in [2.45, 2.75) is 18.4 Å². The molecule has 1 fully saturated rings. The van der Waals surface area contributed by atoms with Crippen molar-refractivity contribution in [3.05, 3.63) is 29.8 Å². The van der Waals surface area contributed by atoms with Gasteiger partial charge in [0.05, 0.1) is 0 Å².